The fourth-order valence-corrected chi connectivity index (χ4v) is 5.05. The predicted octanol–water partition coefficient (Wildman–Crippen LogP) is 4.25. The Hall–Kier alpha value is -3.23. The summed E-state index contributed by atoms with van der Waals surface area (Å²) in [5.41, 5.74) is 1.61. The molecule has 9 heteroatoms. The van der Waals surface area contributed by atoms with Crippen molar-refractivity contribution < 1.29 is 22.7 Å². The molecule has 0 aliphatic carbocycles. The Bertz CT molecular complexity index is 1260. The molecule has 1 amide bonds. The first-order chi connectivity index (χ1) is 15.3. The lowest BCUT2D eigenvalue weighted by molar-refractivity contribution is -0.122. The van der Waals surface area contributed by atoms with Gasteiger partial charge in [0.05, 0.1) is 24.2 Å². The van der Waals surface area contributed by atoms with Crippen molar-refractivity contribution in [3.8, 4) is 11.5 Å². The van der Waals surface area contributed by atoms with Gasteiger partial charge in [-0.15, -0.1) is 0 Å². The Morgan fingerprint density at radius 1 is 1.09 bits per heavy atom. The Morgan fingerprint density at radius 2 is 1.81 bits per heavy atom. The Kier molecular flexibility index (Phi) is 5.99. The van der Waals surface area contributed by atoms with Crippen molar-refractivity contribution >= 4 is 38.9 Å². The van der Waals surface area contributed by atoms with Gasteiger partial charge in [0.15, 0.2) is 6.10 Å². The summed E-state index contributed by atoms with van der Waals surface area (Å²) in [7, 11) is -2.45. The van der Waals surface area contributed by atoms with Crippen molar-refractivity contribution in [3.05, 3.63) is 77.3 Å². The topological polar surface area (TPSA) is 84.9 Å². The number of carbonyl (C=O) groups excluding carboxylic acids is 1. The highest BCUT2D eigenvalue weighted by atomic mass is 35.5. The van der Waals surface area contributed by atoms with Gasteiger partial charge in [-0.1, -0.05) is 29.8 Å². The van der Waals surface area contributed by atoms with Crippen LogP contribution in [0.25, 0.3) is 0 Å². The van der Waals surface area contributed by atoms with Crippen molar-refractivity contribution in [1.82, 2.24) is 0 Å². The minimum absolute atomic E-state index is 0.0832. The standard InChI is InChI=1S/C23H21ClN2O5S/c1-15-18(24)6-5-7-19(15)25-23(27)22-14-26(20-8-3-4-9-21(20)31-22)32(28,29)17-12-10-16(30-2)11-13-17/h3-13,22H,14H2,1-2H3,(H,25,27)/t22-/m0/s1. The number of hydrogen-bond acceptors (Lipinski definition) is 5. The van der Waals surface area contributed by atoms with Gasteiger partial charge in [0.1, 0.15) is 11.5 Å². The van der Waals surface area contributed by atoms with Gasteiger partial charge in [-0.2, -0.15) is 0 Å². The number of nitrogens with one attached hydrogen (secondary N) is 1. The predicted molar refractivity (Wildman–Crippen MR) is 123 cm³/mol. The summed E-state index contributed by atoms with van der Waals surface area (Å²) < 4.78 is 39.1. The number of halogens is 1. The van der Waals surface area contributed by atoms with Crippen LogP contribution in [-0.4, -0.2) is 34.1 Å². The molecule has 0 saturated heterocycles. The molecule has 32 heavy (non-hydrogen) atoms. The monoisotopic (exact) mass is 472 g/mol. The summed E-state index contributed by atoms with van der Waals surface area (Å²) in [6.07, 6.45) is -1.06. The van der Waals surface area contributed by atoms with Crippen LogP contribution >= 0.6 is 11.6 Å². The molecule has 166 valence electrons. The van der Waals surface area contributed by atoms with Crippen LogP contribution in [0.5, 0.6) is 11.5 Å². The SMILES string of the molecule is COc1ccc(S(=O)(=O)N2C[C@@H](C(=O)Nc3cccc(Cl)c3C)Oc3ccccc32)cc1. The fourth-order valence-electron chi connectivity index (χ4n) is 3.40. The third-order valence-corrected chi connectivity index (χ3v) is 7.40. The number of ether oxygens (including phenoxy) is 2. The van der Waals surface area contributed by atoms with E-state index in [-0.39, 0.29) is 11.4 Å². The van der Waals surface area contributed by atoms with Crippen LogP contribution in [0.4, 0.5) is 11.4 Å². The second-order valence-corrected chi connectivity index (χ2v) is 9.46. The number of rotatable bonds is 5. The smallest absolute Gasteiger partial charge is 0.267 e. The van der Waals surface area contributed by atoms with E-state index in [1.54, 1.807) is 61.5 Å². The van der Waals surface area contributed by atoms with E-state index < -0.39 is 22.0 Å². The molecule has 0 bridgehead atoms. The Morgan fingerprint density at radius 3 is 2.53 bits per heavy atom. The van der Waals surface area contributed by atoms with Crippen LogP contribution in [0.3, 0.4) is 0 Å². The van der Waals surface area contributed by atoms with Crippen molar-refractivity contribution in [2.45, 2.75) is 17.9 Å². The number of sulfonamides is 1. The second-order valence-electron chi connectivity index (χ2n) is 7.19. The Balaban J connectivity index is 1.67. The molecule has 1 heterocycles. The minimum atomic E-state index is -3.96. The van der Waals surface area contributed by atoms with E-state index >= 15 is 0 Å². The molecule has 0 aromatic heterocycles. The Labute approximate surface area is 191 Å². The van der Waals surface area contributed by atoms with Gasteiger partial charge in [0.25, 0.3) is 15.9 Å². The number of amides is 1. The maximum absolute atomic E-state index is 13.5. The molecule has 1 N–H and O–H groups in total. The molecule has 3 aromatic rings. The van der Waals surface area contributed by atoms with Gasteiger partial charge in [-0.3, -0.25) is 9.10 Å². The summed E-state index contributed by atoms with van der Waals surface area (Å²) in [5, 5.41) is 3.31. The number of para-hydroxylation sites is 2. The van der Waals surface area contributed by atoms with Crippen LogP contribution in [0.2, 0.25) is 5.02 Å². The van der Waals surface area contributed by atoms with E-state index in [9.17, 15) is 13.2 Å². The minimum Gasteiger partial charge on any atom is -0.497 e. The molecule has 1 atom stereocenters. The molecule has 3 aromatic carbocycles. The van der Waals surface area contributed by atoms with Crippen LogP contribution < -0.4 is 19.1 Å². The maximum Gasteiger partial charge on any atom is 0.267 e. The van der Waals surface area contributed by atoms with Crippen molar-refractivity contribution in [2.75, 3.05) is 23.3 Å². The summed E-state index contributed by atoms with van der Waals surface area (Å²) in [4.78, 5) is 13.1. The van der Waals surface area contributed by atoms with Gasteiger partial charge in [-0.25, -0.2) is 8.42 Å². The lowest BCUT2D eigenvalue weighted by Gasteiger charge is -2.34. The number of fused-ring (bicyclic) bond motifs is 1. The number of nitrogens with zero attached hydrogens (tertiary/aromatic N) is 1. The summed E-state index contributed by atoms with van der Waals surface area (Å²) >= 11 is 6.14. The number of benzene rings is 3. The highest BCUT2D eigenvalue weighted by Gasteiger charge is 2.37. The summed E-state index contributed by atoms with van der Waals surface area (Å²) in [6, 6.07) is 18.0. The van der Waals surface area contributed by atoms with Gasteiger partial charge < -0.3 is 14.8 Å². The number of methoxy groups -OCH3 is 1. The number of anilines is 2. The van der Waals surface area contributed by atoms with E-state index in [1.165, 1.54) is 23.5 Å². The molecular formula is C23H21ClN2O5S. The van der Waals surface area contributed by atoms with E-state index in [2.05, 4.69) is 5.32 Å². The molecular weight excluding hydrogens is 452 g/mol. The average molecular weight is 473 g/mol. The third-order valence-electron chi connectivity index (χ3n) is 5.20. The largest absolute Gasteiger partial charge is 0.497 e. The number of hydrogen-bond donors (Lipinski definition) is 1. The van der Waals surface area contributed by atoms with Crippen LogP contribution in [0, 0.1) is 6.92 Å². The first kappa shape index (κ1) is 22.0. The second kappa shape index (κ2) is 8.72. The van der Waals surface area contributed by atoms with Crippen molar-refractivity contribution in [3.63, 3.8) is 0 Å². The summed E-state index contributed by atoms with van der Waals surface area (Å²) in [5.74, 6) is 0.374. The zero-order chi connectivity index (χ0) is 22.9. The third kappa shape index (κ3) is 4.11. The first-order valence-electron chi connectivity index (χ1n) is 9.79. The first-order valence-corrected chi connectivity index (χ1v) is 11.6. The highest BCUT2D eigenvalue weighted by Crippen LogP contribution is 2.37. The molecule has 0 saturated carbocycles. The van der Waals surface area contributed by atoms with Crippen LogP contribution in [-0.2, 0) is 14.8 Å². The normalized spacial score (nSPS) is 15.5. The highest BCUT2D eigenvalue weighted by molar-refractivity contribution is 7.92. The van der Waals surface area contributed by atoms with E-state index in [4.69, 9.17) is 21.1 Å². The van der Waals surface area contributed by atoms with Crippen molar-refractivity contribution in [2.24, 2.45) is 0 Å². The molecule has 1 aliphatic heterocycles. The molecule has 0 unspecified atom stereocenters. The van der Waals surface area contributed by atoms with Crippen LogP contribution in [0.1, 0.15) is 5.56 Å². The van der Waals surface area contributed by atoms with Gasteiger partial charge in [0, 0.05) is 10.7 Å². The maximum atomic E-state index is 13.5. The van der Waals surface area contributed by atoms with Gasteiger partial charge in [0.2, 0.25) is 0 Å². The van der Waals surface area contributed by atoms with Crippen LogP contribution in [0.15, 0.2) is 71.6 Å². The quantitative estimate of drug-likeness (QED) is 0.600. The zero-order valence-electron chi connectivity index (χ0n) is 17.4. The fraction of sp³-hybridized carbons (Fsp3) is 0.174. The zero-order valence-corrected chi connectivity index (χ0v) is 19.0. The summed E-state index contributed by atoms with van der Waals surface area (Å²) in [6.45, 7) is 1.60. The van der Waals surface area contributed by atoms with E-state index in [0.717, 1.165) is 0 Å². The lowest BCUT2D eigenvalue weighted by atomic mass is 10.1. The molecule has 0 radical (unpaired) electrons. The van der Waals surface area contributed by atoms with Crippen molar-refractivity contribution in [1.29, 1.82) is 0 Å². The number of carbonyl (C=O) groups is 1. The van der Waals surface area contributed by atoms with Gasteiger partial charge >= 0.3 is 0 Å². The molecule has 1 aliphatic rings. The lowest BCUT2D eigenvalue weighted by Crippen LogP contribution is -2.48. The van der Waals surface area contributed by atoms with E-state index in [1.807, 2.05) is 0 Å². The molecule has 0 fully saturated rings. The van der Waals surface area contributed by atoms with E-state index in [0.29, 0.717) is 33.5 Å². The molecule has 7 nitrogen and oxygen atoms in total. The molecule has 4 rings (SSSR count). The van der Waals surface area contributed by atoms with Gasteiger partial charge in [-0.05, 0) is 61.0 Å². The average Bonchev–Trinajstić information content (AvgIpc) is 2.81. The molecule has 0 spiro atoms.